The third kappa shape index (κ3) is 4.66. The molecule has 3 aromatic rings. The zero-order valence-electron chi connectivity index (χ0n) is 20.5. The van der Waals surface area contributed by atoms with Crippen molar-refractivity contribution in [2.24, 2.45) is 7.05 Å². The van der Waals surface area contributed by atoms with Gasteiger partial charge in [-0.2, -0.15) is 5.10 Å². The molecule has 0 bridgehead atoms. The van der Waals surface area contributed by atoms with Crippen LogP contribution in [0.5, 0.6) is 0 Å². The maximum atomic E-state index is 5.95. The fraction of sp³-hybridized carbons (Fsp3) is 0.609. The van der Waals surface area contributed by atoms with Crippen LogP contribution >= 0.6 is 23.5 Å². The van der Waals surface area contributed by atoms with Crippen LogP contribution in [0.4, 0.5) is 5.95 Å². The van der Waals surface area contributed by atoms with Gasteiger partial charge in [0.1, 0.15) is 11.8 Å². The number of anilines is 1. The van der Waals surface area contributed by atoms with E-state index in [1.165, 1.54) is 36.0 Å². The Morgan fingerprint density at radius 3 is 2.60 bits per heavy atom. The fourth-order valence-electron chi connectivity index (χ4n) is 4.93. The zero-order valence-corrected chi connectivity index (χ0v) is 22.1. The van der Waals surface area contributed by atoms with Crippen LogP contribution in [0.2, 0.25) is 5.02 Å². The van der Waals surface area contributed by atoms with Crippen LogP contribution in [0.1, 0.15) is 55.8 Å². The molecule has 1 saturated carbocycles. The molecule has 0 amide bonds. The summed E-state index contributed by atoms with van der Waals surface area (Å²) in [6.45, 7) is 2.66. The van der Waals surface area contributed by atoms with Crippen molar-refractivity contribution in [2.75, 3.05) is 25.5 Å². The largest absolute Gasteiger partial charge is 0.382 e. The van der Waals surface area contributed by atoms with Crippen LogP contribution in [0.25, 0.3) is 11.5 Å². The molecule has 2 aliphatic carbocycles. The lowest BCUT2D eigenvalue weighted by Crippen LogP contribution is -2.26. The number of hydrogen-bond acceptors (Lipinski definition) is 9. The second-order valence-corrected chi connectivity index (χ2v) is 10.9. The molecule has 12 heteroatoms. The highest BCUT2D eigenvalue weighted by Gasteiger charge is 2.48. The number of methoxy groups -OCH3 is 2. The highest BCUT2D eigenvalue weighted by atomic mass is 35.5. The summed E-state index contributed by atoms with van der Waals surface area (Å²) in [7, 11) is 5.42. The summed E-state index contributed by atoms with van der Waals surface area (Å²) in [6.07, 6.45) is 9.31. The van der Waals surface area contributed by atoms with Gasteiger partial charge < -0.3 is 9.47 Å². The Morgan fingerprint density at radius 1 is 1.17 bits per heavy atom. The molecule has 3 heterocycles. The molecule has 188 valence electrons. The first-order chi connectivity index (χ1) is 17.0. The molecular weight excluding hydrogens is 488 g/mol. The molecule has 0 radical (unpaired) electrons. The molecule has 2 unspecified atom stereocenters. The summed E-state index contributed by atoms with van der Waals surface area (Å²) >= 11 is 7.45. The van der Waals surface area contributed by atoms with Crippen LogP contribution < -0.4 is 4.72 Å². The van der Waals surface area contributed by atoms with Gasteiger partial charge in [0.15, 0.2) is 11.6 Å². The van der Waals surface area contributed by atoms with E-state index >= 15 is 0 Å². The van der Waals surface area contributed by atoms with Crippen LogP contribution in [0.15, 0.2) is 12.4 Å². The summed E-state index contributed by atoms with van der Waals surface area (Å²) in [6, 6.07) is 0. The number of hydrogen-bond donors (Lipinski definition) is 1. The highest BCUT2D eigenvalue weighted by Crippen LogP contribution is 2.48. The van der Waals surface area contributed by atoms with Crippen molar-refractivity contribution in [2.45, 2.75) is 62.3 Å². The number of ether oxygens (including phenoxy) is 2. The van der Waals surface area contributed by atoms with Gasteiger partial charge in [-0.15, -0.1) is 10.2 Å². The van der Waals surface area contributed by atoms with E-state index in [0.29, 0.717) is 23.4 Å². The van der Waals surface area contributed by atoms with E-state index in [1.807, 2.05) is 11.7 Å². The molecule has 0 aromatic carbocycles. The van der Waals surface area contributed by atoms with E-state index in [2.05, 4.69) is 36.4 Å². The third-order valence-corrected chi connectivity index (χ3v) is 7.98. The molecule has 5 rings (SSSR count). The SMILES string of the molecule is COCC1(n2c(NSC(C)C(OC)c3ncc(Cl)cn3)nnc2-c2nn(C)c3c2CCCC3)CC1. The van der Waals surface area contributed by atoms with Crippen molar-refractivity contribution in [3.8, 4) is 11.5 Å². The van der Waals surface area contributed by atoms with Crippen molar-refractivity contribution in [3.05, 3.63) is 34.5 Å². The quantitative estimate of drug-likeness (QED) is 0.399. The molecule has 1 fully saturated rings. The van der Waals surface area contributed by atoms with Gasteiger partial charge in [0, 0.05) is 44.9 Å². The number of aromatic nitrogens is 7. The lowest BCUT2D eigenvalue weighted by atomic mass is 9.95. The zero-order chi connectivity index (χ0) is 24.6. The van der Waals surface area contributed by atoms with Crippen LogP contribution in [0.3, 0.4) is 0 Å². The Balaban J connectivity index is 1.44. The monoisotopic (exact) mass is 518 g/mol. The first kappa shape index (κ1) is 24.5. The van der Waals surface area contributed by atoms with Crippen LogP contribution in [0, 0.1) is 0 Å². The predicted molar refractivity (Wildman–Crippen MR) is 135 cm³/mol. The molecule has 0 spiro atoms. The minimum Gasteiger partial charge on any atom is -0.382 e. The maximum Gasteiger partial charge on any atom is 0.235 e. The molecule has 3 aromatic heterocycles. The predicted octanol–water partition coefficient (Wildman–Crippen LogP) is 3.97. The van der Waals surface area contributed by atoms with Gasteiger partial charge in [-0.05, 0) is 57.4 Å². The van der Waals surface area contributed by atoms with E-state index in [9.17, 15) is 0 Å². The first-order valence-electron chi connectivity index (χ1n) is 11.9. The number of fused-ring (bicyclic) bond motifs is 1. The van der Waals surface area contributed by atoms with Gasteiger partial charge >= 0.3 is 0 Å². The fourth-order valence-corrected chi connectivity index (χ4v) is 5.81. The normalized spacial score (nSPS) is 18.2. The number of nitrogens with one attached hydrogen (secondary N) is 1. The summed E-state index contributed by atoms with van der Waals surface area (Å²) < 4.78 is 19.0. The molecule has 0 saturated heterocycles. The number of aryl methyl sites for hydroxylation is 1. The lowest BCUT2D eigenvalue weighted by molar-refractivity contribution is 0.0972. The summed E-state index contributed by atoms with van der Waals surface area (Å²) in [4.78, 5) is 8.67. The third-order valence-electron chi connectivity index (χ3n) is 6.87. The van der Waals surface area contributed by atoms with Crippen molar-refractivity contribution >= 4 is 29.5 Å². The molecule has 35 heavy (non-hydrogen) atoms. The van der Waals surface area contributed by atoms with Crippen molar-refractivity contribution in [1.29, 1.82) is 0 Å². The molecule has 1 N–H and O–H groups in total. The smallest absolute Gasteiger partial charge is 0.235 e. The van der Waals surface area contributed by atoms with Crippen molar-refractivity contribution in [1.82, 2.24) is 34.5 Å². The van der Waals surface area contributed by atoms with E-state index in [-0.39, 0.29) is 16.9 Å². The first-order valence-corrected chi connectivity index (χ1v) is 13.1. The van der Waals surface area contributed by atoms with Gasteiger partial charge in [-0.25, -0.2) is 9.97 Å². The lowest BCUT2D eigenvalue weighted by Gasteiger charge is -2.23. The molecule has 0 aliphatic heterocycles. The van der Waals surface area contributed by atoms with Gasteiger partial charge in [0.05, 0.1) is 22.4 Å². The topological polar surface area (TPSA) is 105 Å². The Bertz CT molecular complexity index is 1180. The van der Waals surface area contributed by atoms with Gasteiger partial charge in [0.25, 0.3) is 0 Å². The van der Waals surface area contributed by atoms with Crippen LogP contribution in [-0.2, 0) is 34.9 Å². The van der Waals surface area contributed by atoms with Gasteiger partial charge in [-0.1, -0.05) is 11.6 Å². The summed E-state index contributed by atoms with van der Waals surface area (Å²) in [5.41, 5.74) is 3.37. The highest BCUT2D eigenvalue weighted by molar-refractivity contribution is 8.01. The Morgan fingerprint density at radius 2 is 1.91 bits per heavy atom. The van der Waals surface area contributed by atoms with E-state index < -0.39 is 0 Å². The van der Waals surface area contributed by atoms with Gasteiger partial charge in [0.2, 0.25) is 5.95 Å². The standard InChI is InChI=1S/C23H31ClN8O2S/c1-14(19(34-4)20-25-11-15(24)12-26-20)35-30-22-28-27-21(32(22)23(9-10-23)13-33-3)18-16-7-5-6-8-17(16)31(2)29-18/h11-12,14,19H,5-10,13H2,1-4H3,(H,28,30). The summed E-state index contributed by atoms with van der Waals surface area (Å²) in [5, 5.41) is 14.6. The Kier molecular flexibility index (Phi) is 7.02. The van der Waals surface area contributed by atoms with Crippen molar-refractivity contribution in [3.63, 3.8) is 0 Å². The number of rotatable bonds is 10. The average Bonchev–Trinajstić information content (AvgIpc) is 3.38. The van der Waals surface area contributed by atoms with E-state index in [1.54, 1.807) is 26.6 Å². The van der Waals surface area contributed by atoms with E-state index in [4.69, 9.17) is 26.2 Å². The molecular formula is C23H31ClN8O2S. The molecule has 10 nitrogen and oxygen atoms in total. The molecule has 2 atom stereocenters. The average molecular weight is 519 g/mol. The van der Waals surface area contributed by atoms with E-state index in [0.717, 1.165) is 37.2 Å². The minimum atomic E-state index is -0.322. The number of halogens is 1. The molecule has 2 aliphatic rings. The minimum absolute atomic E-state index is 0.0186. The second kappa shape index (κ2) is 10.0. The Hall–Kier alpha value is -2.21. The van der Waals surface area contributed by atoms with Crippen molar-refractivity contribution < 1.29 is 9.47 Å². The van der Waals surface area contributed by atoms with Gasteiger partial charge in [-0.3, -0.25) is 14.0 Å². The maximum absolute atomic E-state index is 5.95. The number of nitrogens with zero attached hydrogens (tertiary/aromatic N) is 7. The summed E-state index contributed by atoms with van der Waals surface area (Å²) in [5.74, 6) is 2.07. The Labute approximate surface area is 214 Å². The second-order valence-electron chi connectivity index (χ2n) is 9.29. The van der Waals surface area contributed by atoms with Crippen LogP contribution in [-0.4, -0.2) is 60.6 Å².